The van der Waals surface area contributed by atoms with Crippen LogP contribution in [0.1, 0.15) is 27.9 Å². The minimum Gasteiger partial charge on any atom is -0.352 e. The Balaban J connectivity index is 1.48. The number of halogens is 1. The molecule has 1 atom stereocenters. The average molecular weight is 327 g/mol. The fourth-order valence-electron chi connectivity index (χ4n) is 3.11. The van der Waals surface area contributed by atoms with E-state index in [9.17, 15) is 9.18 Å². The third-order valence-corrected chi connectivity index (χ3v) is 4.41. The van der Waals surface area contributed by atoms with Gasteiger partial charge in [-0.15, -0.1) is 0 Å². The molecule has 126 valence electrons. The van der Waals surface area contributed by atoms with Gasteiger partial charge in [0.05, 0.1) is 5.56 Å². The van der Waals surface area contributed by atoms with Crippen LogP contribution < -0.4 is 5.32 Å². The second-order valence-electron chi connectivity index (χ2n) is 6.44. The first-order chi connectivity index (χ1) is 11.6. The zero-order valence-corrected chi connectivity index (χ0v) is 13.8. The number of carbonyl (C=O) groups is 1. The van der Waals surface area contributed by atoms with Crippen molar-refractivity contribution in [2.75, 3.05) is 19.6 Å². The van der Waals surface area contributed by atoms with Crippen LogP contribution in [0.2, 0.25) is 0 Å². The number of aryl methyl sites for hydroxylation is 1. The van der Waals surface area contributed by atoms with Gasteiger partial charge in [0.1, 0.15) is 5.82 Å². The Hall–Kier alpha value is -2.27. The Morgan fingerprint density at radius 2 is 2.21 bits per heavy atom. The number of hydrogen-bond acceptors (Lipinski definition) is 3. The van der Waals surface area contributed by atoms with Crippen LogP contribution in [0.3, 0.4) is 0 Å². The number of aromatic nitrogens is 1. The first-order valence-electron chi connectivity index (χ1n) is 8.27. The molecule has 0 bridgehead atoms. The number of rotatable bonds is 5. The molecule has 24 heavy (non-hydrogen) atoms. The minimum atomic E-state index is -0.152. The van der Waals surface area contributed by atoms with Gasteiger partial charge in [-0.3, -0.25) is 14.7 Å². The smallest absolute Gasteiger partial charge is 0.252 e. The zero-order chi connectivity index (χ0) is 16.9. The second-order valence-corrected chi connectivity index (χ2v) is 6.44. The fraction of sp³-hybridized carbons (Fsp3) is 0.368. The molecule has 1 aliphatic heterocycles. The van der Waals surface area contributed by atoms with Crippen LogP contribution in [-0.4, -0.2) is 35.4 Å². The first-order valence-corrected chi connectivity index (χ1v) is 8.27. The summed E-state index contributed by atoms with van der Waals surface area (Å²) in [5.41, 5.74) is 2.30. The molecule has 5 heteroatoms. The third-order valence-electron chi connectivity index (χ3n) is 4.41. The normalized spacial score (nSPS) is 17.8. The highest BCUT2D eigenvalue weighted by Gasteiger charge is 2.23. The number of hydrogen-bond donors (Lipinski definition) is 1. The molecule has 0 radical (unpaired) electrons. The third kappa shape index (κ3) is 4.17. The van der Waals surface area contributed by atoms with Gasteiger partial charge in [0.15, 0.2) is 0 Å². The molecular weight excluding hydrogens is 305 g/mol. The van der Waals surface area contributed by atoms with Crippen molar-refractivity contribution in [3.05, 3.63) is 65.2 Å². The van der Waals surface area contributed by atoms with Crippen molar-refractivity contribution in [3.8, 4) is 0 Å². The Labute approximate surface area is 141 Å². The predicted molar refractivity (Wildman–Crippen MR) is 91.1 cm³/mol. The van der Waals surface area contributed by atoms with Gasteiger partial charge in [0.2, 0.25) is 0 Å². The van der Waals surface area contributed by atoms with Crippen LogP contribution >= 0.6 is 0 Å². The van der Waals surface area contributed by atoms with Gasteiger partial charge in [-0.25, -0.2) is 4.39 Å². The molecule has 0 saturated carbocycles. The monoisotopic (exact) mass is 327 g/mol. The van der Waals surface area contributed by atoms with Gasteiger partial charge < -0.3 is 5.32 Å². The number of nitrogens with one attached hydrogen (secondary N) is 1. The largest absolute Gasteiger partial charge is 0.352 e. The summed E-state index contributed by atoms with van der Waals surface area (Å²) in [6.07, 6.45) is 4.33. The number of nitrogens with zero attached hydrogens (tertiary/aromatic N) is 2. The molecule has 3 rings (SSSR count). The molecule has 1 saturated heterocycles. The lowest BCUT2D eigenvalue weighted by molar-refractivity contribution is 0.0947. The highest BCUT2D eigenvalue weighted by atomic mass is 19.1. The van der Waals surface area contributed by atoms with Gasteiger partial charge in [0.25, 0.3) is 5.91 Å². The van der Waals surface area contributed by atoms with Crippen molar-refractivity contribution in [1.82, 2.24) is 15.2 Å². The molecule has 2 aromatic rings. The van der Waals surface area contributed by atoms with Crippen LogP contribution in [0.15, 0.2) is 42.7 Å². The Bertz CT molecular complexity index is 719. The summed E-state index contributed by atoms with van der Waals surface area (Å²) in [4.78, 5) is 18.4. The molecule has 1 aromatic carbocycles. The van der Waals surface area contributed by atoms with E-state index < -0.39 is 0 Å². The average Bonchev–Trinajstić information content (AvgIpc) is 3.02. The van der Waals surface area contributed by atoms with Gasteiger partial charge >= 0.3 is 0 Å². The minimum absolute atomic E-state index is 0.0845. The number of likely N-dealkylation sites (tertiary alicyclic amines) is 1. The van der Waals surface area contributed by atoms with Gasteiger partial charge in [-0.1, -0.05) is 18.2 Å². The number of benzene rings is 1. The summed E-state index contributed by atoms with van der Waals surface area (Å²) >= 11 is 0. The van der Waals surface area contributed by atoms with E-state index in [-0.39, 0.29) is 11.7 Å². The maximum absolute atomic E-state index is 13.7. The molecule has 0 aliphatic carbocycles. The SMILES string of the molecule is Cc1cncc(C(=O)NC[C@H]2CCN(Cc3ccccc3F)C2)c1. The van der Waals surface area contributed by atoms with Crippen LogP contribution in [0, 0.1) is 18.7 Å². The molecule has 0 unspecified atom stereocenters. The molecule has 1 aliphatic rings. The van der Waals surface area contributed by atoms with Crippen LogP contribution in [0.4, 0.5) is 4.39 Å². The summed E-state index contributed by atoms with van der Waals surface area (Å²) in [5, 5.41) is 2.98. The van der Waals surface area contributed by atoms with E-state index in [0.717, 1.165) is 30.6 Å². The number of pyridine rings is 1. The lowest BCUT2D eigenvalue weighted by Crippen LogP contribution is -2.31. The van der Waals surface area contributed by atoms with Crippen LogP contribution in [0.25, 0.3) is 0 Å². The molecular formula is C19H22FN3O. The fourth-order valence-corrected chi connectivity index (χ4v) is 3.11. The van der Waals surface area contributed by atoms with Crippen molar-refractivity contribution < 1.29 is 9.18 Å². The molecule has 0 spiro atoms. The lowest BCUT2D eigenvalue weighted by atomic mass is 10.1. The maximum atomic E-state index is 13.7. The van der Waals surface area contributed by atoms with Crippen molar-refractivity contribution in [2.24, 2.45) is 5.92 Å². The van der Waals surface area contributed by atoms with Crippen LogP contribution in [0.5, 0.6) is 0 Å². The zero-order valence-electron chi connectivity index (χ0n) is 13.8. The second kappa shape index (κ2) is 7.53. The Morgan fingerprint density at radius 3 is 3.00 bits per heavy atom. The van der Waals surface area contributed by atoms with Gasteiger partial charge in [0, 0.05) is 37.6 Å². The Morgan fingerprint density at radius 1 is 1.38 bits per heavy atom. The van der Waals surface area contributed by atoms with Crippen molar-refractivity contribution in [2.45, 2.75) is 19.9 Å². The lowest BCUT2D eigenvalue weighted by Gasteiger charge is -2.17. The maximum Gasteiger partial charge on any atom is 0.252 e. The van der Waals surface area contributed by atoms with E-state index in [2.05, 4.69) is 15.2 Å². The topological polar surface area (TPSA) is 45.2 Å². The predicted octanol–water partition coefficient (Wildman–Crippen LogP) is 2.78. The summed E-state index contributed by atoms with van der Waals surface area (Å²) in [6, 6.07) is 8.74. The molecule has 2 heterocycles. The molecule has 1 amide bonds. The summed E-state index contributed by atoms with van der Waals surface area (Å²) in [6.45, 7) is 4.99. The van der Waals surface area contributed by atoms with Gasteiger partial charge in [-0.05, 0) is 43.5 Å². The summed E-state index contributed by atoms with van der Waals surface area (Å²) in [7, 11) is 0. The van der Waals surface area contributed by atoms with E-state index >= 15 is 0 Å². The van der Waals surface area contributed by atoms with Crippen LogP contribution in [-0.2, 0) is 6.54 Å². The molecule has 1 aromatic heterocycles. The number of amides is 1. The summed E-state index contributed by atoms with van der Waals surface area (Å²) < 4.78 is 13.7. The highest BCUT2D eigenvalue weighted by molar-refractivity contribution is 5.93. The van der Waals surface area contributed by atoms with Crippen molar-refractivity contribution in [1.29, 1.82) is 0 Å². The first kappa shape index (κ1) is 16.6. The molecule has 4 nitrogen and oxygen atoms in total. The van der Waals surface area contributed by atoms with E-state index in [1.54, 1.807) is 18.5 Å². The quantitative estimate of drug-likeness (QED) is 0.918. The van der Waals surface area contributed by atoms with E-state index in [0.29, 0.717) is 24.6 Å². The molecule has 1 fully saturated rings. The van der Waals surface area contributed by atoms with E-state index in [1.807, 2.05) is 25.1 Å². The standard InChI is InChI=1S/C19H22FN3O/c1-14-8-17(11-21-9-14)19(24)22-10-15-6-7-23(12-15)13-16-4-2-3-5-18(16)20/h2-5,8-9,11,15H,6-7,10,12-13H2,1H3,(H,22,24)/t15-/m1/s1. The number of carbonyl (C=O) groups excluding carboxylic acids is 1. The van der Waals surface area contributed by atoms with Crippen molar-refractivity contribution >= 4 is 5.91 Å². The van der Waals surface area contributed by atoms with E-state index in [4.69, 9.17) is 0 Å². The van der Waals surface area contributed by atoms with Gasteiger partial charge in [-0.2, -0.15) is 0 Å². The highest BCUT2D eigenvalue weighted by Crippen LogP contribution is 2.19. The molecule has 1 N–H and O–H groups in total. The Kier molecular flexibility index (Phi) is 5.20. The van der Waals surface area contributed by atoms with E-state index in [1.165, 1.54) is 6.07 Å². The van der Waals surface area contributed by atoms with Crippen molar-refractivity contribution in [3.63, 3.8) is 0 Å². The summed E-state index contributed by atoms with van der Waals surface area (Å²) in [5.74, 6) is 0.165.